The Labute approximate surface area is 155 Å². The van der Waals surface area contributed by atoms with E-state index in [4.69, 9.17) is 0 Å². The van der Waals surface area contributed by atoms with Crippen LogP contribution < -0.4 is 0 Å². The minimum absolute atomic E-state index is 0.0517. The van der Waals surface area contributed by atoms with Gasteiger partial charge in [0, 0.05) is 30.4 Å². The lowest BCUT2D eigenvalue weighted by Gasteiger charge is -2.27. The molecule has 0 saturated carbocycles. The van der Waals surface area contributed by atoms with Gasteiger partial charge in [-0.1, -0.05) is 13.8 Å². The van der Waals surface area contributed by atoms with Crippen LogP contribution in [0, 0.1) is 12.8 Å². The molecule has 2 rings (SSSR count). The Morgan fingerprint density at radius 1 is 1.40 bits per heavy atom. The lowest BCUT2D eigenvalue weighted by Crippen LogP contribution is -2.38. The first-order valence-corrected chi connectivity index (χ1v) is 11.6. The van der Waals surface area contributed by atoms with Crippen molar-refractivity contribution < 1.29 is 13.2 Å². The Morgan fingerprint density at radius 2 is 2.12 bits per heavy atom. The first-order valence-electron chi connectivity index (χ1n) is 8.89. The molecule has 1 amide bonds. The Balaban J connectivity index is 1.91. The summed E-state index contributed by atoms with van der Waals surface area (Å²) in [7, 11) is -0.960. The van der Waals surface area contributed by atoms with Gasteiger partial charge in [-0.15, -0.1) is 11.3 Å². The van der Waals surface area contributed by atoms with E-state index in [0.717, 1.165) is 6.54 Å². The predicted molar refractivity (Wildman–Crippen MR) is 104 cm³/mol. The highest BCUT2D eigenvalue weighted by molar-refractivity contribution is 7.91. The third-order valence-electron chi connectivity index (χ3n) is 4.75. The molecule has 1 aliphatic heterocycles. The number of rotatable bonds is 8. The van der Waals surface area contributed by atoms with E-state index in [0.29, 0.717) is 31.8 Å². The van der Waals surface area contributed by atoms with Gasteiger partial charge < -0.3 is 9.80 Å². The number of carbonyl (C=O) groups is 1. The first kappa shape index (κ1) is 20.4. The number of nitrogens with zero attached hydrogens (tertiary/aromatic N) is 2. The van der Waals surface area contributed by atoms with Gasteiger partial charge in [0.1, 0.15) is 0 Å². The molecule has 0 N–H and O–H groups in total. The number of hydrogen-bond donors (Lipinski definition) is 0. The van der Waals surface area contributed by atoms with E-state index < -0.39 is 9.84 Å². The van der Waals surface area contributed by atoms with Gasteiger partial charge in [-0.05, 0) is 43.3 Å². The molecule has 0 radical (unpaired) electrons. The molecule has 142 valence electrons. The zero-order chi connectivity index (χ0) is 18.6. The molecule has 1 fully saturated rings. The summed E-state index contributed by atoms with van der Waals surface area (Å²) in [5.74, 6) is 1.06. The van der Waals surface area contributed by atoms with Gasteiger partial charge in [-0.3, -0.25) is 4.79 Å². The molecule has 1 saturated heterocycles. The average Bonchev–Trinajstić information content (AvgIpc) is 3.09. The minimum atomic E-state index is -2.89. The molecule has 1 atom stereocenters. The standard InChI is InChI=1S/C18H30N2O3S2/c1-14(2)11-20(12-17-15(3)6-9-24-17)18(21)5-8-19(4)16-7-10-25(22,23)13-16/h6,9,14,16H,5,7-8,10-13H2,1-4H3. The van der Waals surface area contributed by atoms with E-state index in [1.165, 1.54) is 10.4 Å². The Morgan fingerprint density at radius 3 is 2.64 bits per heavy atom. The molecule has 1 aromatic rings. The van der Waals surface area contributed by atoms with Crippen molar-refractivity contribution in [3.05, 3.63) is 21.9 Å². The molecule has 0 aliphatic carbocycles. The largest absolute Gasteiger partial charge is 0.337 e. The number of carbonyl (C=O) groups excluding carboxylic acids is 1. The van der Waals surface area contributed by atoms with Crippen LogP contribution in [0.4, 0.5) is 0 Å². The van der Waals surface area contributed by atoms with Gasteiger partial charge >= 0.3 is 0 Å². The highest BCUT2D eigenvalue weighted by Crippen LogP contribution is 2.20. The van der Waals surface area contributed by atoms with E-state index in [-0.39, 0.29) is 23.5 Å². The van der Waals surface area contributed by atoms with Crippen LogP contribution in [0.1, 0.15) is 37.1 Å². The Bertz CT molecular complexity index is 682. The van der Waals surface area contributed by atoms with E-state index in [2.05, 4.69) is 32.2 Å². The summed E-state index contributed by atoms with van der Waals surface area (Å²) in [6.45, 7) is 8.35. The van der Waals surface area contributed by atoms with Crippen molar-refractivity contribution in [1.29, 1.82) is 0 Å². The van der Waals surface area contributed by atoms with E-state index >= 15 is 0 Å². The molecular formula is C18H30N2O3S2. The number of aryl methyl sites for hydroxylation is 1. The van der Waals surface area contributed by atoms with Gasteiger partial charge in [0.15, 0.2) is 9.84 Å². The van der Waals surface area contributed by atoms with Gasteiger partial charge in [-0.2, -0.15) is 0 Å². The number of amides is 1. The van der Waals surface area contributed by atoms with E-state index in [1.807, 2.05) is 16.8 Å². The average molecular weight is 387 g/mol. The van der Waals surface area contributed by atoms with E-state index in [1.54, 1.807) is 11.3 Å². The van der Waals surface area contributed by atoms with Crippen LogP contribution in [0.15, 0.2) is 11.4 Å². The molecule has 0 bridgehead atoms. The number of thiophene rings is 1. The summed E-state index contributed by atoms with van der Waals surface area (Å²) in [4.78, 5) is 18.0. The van der Waals surface area contributed by atoms with Crippen molar-refractivity contribution in [1.82, 2.24) is 9.80 Å². The number of hydrogen-bond acceptors (Lipinski definition) is 5. The van der Waals surface area contributed by atoms with Gasteiger partial charge in [0.2, 0.25) is 5.91 Å². The van der Waals surface area contributed by atoms with Crippen LogP contribution in [0.25, 0.3) is 0 Å². The van der Waals surface area contributed by atoms with Crippen LogP contribution in [-0.2, 0) is 21.2 Å². The second-order valence-corrected chi connectivity index (χ2v) is 10.7. The summed E-state index contributed by atoms with van der Waals surface area (Å²) in [5, 5.41) is 2.07. The third-order valence-corrected chi connectivity index (χ3v) is 7.51. The molecule has 1 aromatic heterocycles. The summed E-state index contributed by atoms with van der Waals surface area (Å²) in [6, 6.07) is 2.14. The fourth-order valence-corrected chi connectivity index (χ4v) is 5.90. The van der Waals surface area contributed by atoms with Crippen molar-refractivity contribution in [2.24, 2.45) is 5.92 Å². The van der Waals surface area contributed by atoms with Crippen LogP contribution >= 0.6 is 11.3 Å². The molecule has 25 heavy (non-hydrogen) atoms. The molecule has 2 heterocycles. The zero-order valence-electron chi connectivity index (χ0n) is 15.7. The van der Waals surface area contributed by atoms with Crippen LogP contribution in [-0.4, -0.2) is 61.8 Å². The molecule has 1 unspecified atom stereocenters. The second kappa shape index (κ2) is 8.64. The Hall–Kier alpha value is -0.920. The molecule has 0 spiro atoms. The summed E-state index contributed by atoms with van der Waals surface area (Å²) >= 11 is 1.70. The third kappa shape index (κ3) is 6.08. The SMILES string of the molecule is Cc1ccsc1CN(CC(C)C)C(=O)CCN(C)C1CCS(=O)(=O)C1. The first-order chi connectivity index (χ1) is 11.7. The molecule has 1 aliphatic rings. The van der Waals surface area contributed by atoms with Crippen molar-refractivity contribution in [2.75, 3.05) is 31.6 Å². The maximum Gasteiger partial charge on any atom is 0.224 e. The van der Waals surface area contributed by atoms with Gasteiger partial charge in [0.05, 0.1) is 18.1 Å². The molecular weight excluding hydrogens is 356 g/mol. The van der Waals surface area contributed by atoms with Gasteiger partial charge in [-0.25, -0.2) is 8.42 Å². The quantitative estimate of drug-likeness (QED) is 0.689. The van der Waals surface area contributed by atoms with Crippen LogP contribution in [0.2, 0.25) is 0 Å². The predicted octanol–water partition coefficient (Wildman–Crippen LogP) is 2.55. The summed E-state index contributed by atoms with van der Waals surface area (Å²) < 4.78 is 23.2. The number of sulfone groups is 1. The minimum Gasteiger partial charge on any atom is -0.337 e. The highest BCUT2D eigenvalue weighted by atomic mass is 32.2. The lowest BCUT2D eigenvalue weighted by atomic mass is 10.1. The monoisotopic (exact) mass is 386 g/mol. The van der Waals surface area contributed by atoms with Crippen molar-refractivity contribution in [3.63, 3.8) is 0 Å². The van der Waals surface area contributed by atoms with Crippen molar-refractivity contribution >= 4 is 27.1 Å². The molecule has 5 nitrogen and oxygen atoms in total. The fourth-order valence-electron chi connectivity index (χ4n) is 3.17. The maximum absolute atomic E-state index is 12.7. The highest BCUT2D eigenvalue weighted by Gasteiger charge is 2.30. The van der Waals surface area contributed by atoms with Crippen LogP contribution in [0.3, 0.4) is 0 Å². The fraction of sp³-hybridized carbons (Fsp3) is 0.722. The van der Waals surface area contributed by atoms with Crippen molar-refractivity contribution in [2.45, 2.75) is 46.2 Å². The van der Waals surface area contributed by atoms with Crippen LogP contribution in [0.5, 0.6) is 0 Å². The summed E-state index contributed by atoms with van der Waals surface area (Å²) in [5.41, 5.74) is 1.24. The van der Waals surface area contributed by atoms with Gasteiger partial charge in [0.25, 0.3) is 0 Å². The van der Waals surface area contributed by atoms with E-state index in [9.17, 15) is 13.2 Å². The smallest absolute Gasteiger partial charge is 0.224 e. The normalized spacial score (nSPS) is 19.7. The Kier molecular flexibility index (Phi) is 7.05. The molecule has 0 aromatic carbocycles. The van der Waals surface area contributed by atoms with Crippen molar-refractivity contribution in [3.8, 4) is 0 Å². The zero-order valence-corrected chi connectivity index (χ0v) is 17.3. The lowest BCUT2D eigenvalue weighted by molar-refractivity contribution is -0.132. The topological polar surface area (TPSA) is 57.7 Å². The maximum atomic E-state index is 12.7. The second-order valence-electron chi connectivity index (χ2n) is 7.48. The summed E-state index contributed by atoms with van der Waals surface area (Å²) in [6.07, 6.45) is 1.11. The molecule has 7 heteroatoms.